The summed E-state index contributed by atoms with van der Waals surface area (Å²) in [5.74, 6) is -0.502. The van der Waals surface area contributed by atoms with Gasteiger partial charge in [-0.25, -0.2) is 4.98 Å². The van der Waals surface area contributed by atoms with Gasteiger partial charge >= 0.3 is 0 Å². The first-order valence-electron chi connectivity index (χ1n) is 3.17. The molecule has 0 saturated carbocycles. The molecule has 1 rings (SSSR count). The monoisotopic (exact) mass is 152 g/mol. The standard InChI is InChI=1S/C8H9FN2/c1-4-11-5-10-8(9)7(11)6(2)3/h4-5H,1-2H2,3H3. The lowest BCUT2D eigenvalue weighted by atomic mass is 10.2. The molecule has 0 aliphatic rings. The van der Waals surface area contributed by atoms with Crippen LogP contribution in [0.1, 0.15) is 12.6 Å². The molecule has 0 atom stereocenters. The van der Waals surface area contributed by atoms with E-state index in [2.05, 4.69) is 18.1 Å². The minimum Gasteiger partial charge on any atom is -0.304 e. The molecule has 0 fully saturated rings. The number of hydrogen-bond donors (Lipinski definition) is 0. The average Bonchev–Trinajstić information content (AvgIpc) is 2.30. The van der Waals surface area contributed by atoms with Crippen molar-refractivity contribution in [3.8, 4) is 0 Å². The highest BCUT2D eigenvalue weighted by Gasteiger charge is 2.08. The van der Waals surface area contributed by atoms with Gasteiger partial charge in [0.25, 0.3) is 0 Å². The van der Waals surface area contributed by atoms with Crippen LogP contribution in [0.15, 0.2) is 19.5 Å². The third-order valence-electron chi connectivity index (χ3n) is 1.35. The largest absolute Gasteiger partial charge is 0.304 e. The fraction of sp³-hybridized carbons (Fsp3) is 0.125. The zero-order chi connectivity index (χ0) is 8.43. The number of rotatable bonds is 2. The van der Waals surface area contributed by atoms with Gasteiger partial charge in [-0.2, -0.15) is 4.39 Å². The number of imidazole rings is 1. The topological polar surface area (TPSA) is 17.8 Å². The van der Waals surface area contributed by atoms with Crippen LogP contribution in [0.4, 0.5) is 4.39 Å². The van der Waals surface area contributed by atoms with Crippen LogP contribution in [0.5, 0.6) is 0 Å². The van der Waals surface area contributed by atoms with E-state index in [1.165, 1.54) is 17.1 Å². The zero-order valence-electron chi connectivity index (χ0n) is 6.34. The second kappa shape index (κ2) is 2.70. The van der Waals surface area contributed by atoms with E-state index in [9.17, 15) is 4.39 Å². The maximum absolute atomic E-state index is 12.8. The van der Waals surface area contributed by atoms with E-state index < -0.39 is 5.95 Å². The molecule has 0 N–H and O–H groups in total. The highest BCUT2D eigenvalue weighted by atomic mass is 19.1. The summed E-state index contributed by atoms with van der Waals surface area (Å²) in [5, 5.41) is 0. The molecule has 0 aliphatic carbocycles. The zero-order valence-corrected chi connectivity index (χ0v) is 6.34. The van der Waals surface area contributed by atoms with Crippen molar-refractivity contribution in [1.29, 1.82) is 0 Å². The lowest BCUT2D eigenvalue weighted by Gasteiger charge is -1.99. The molecule has 0 spiro atoms. The van der Waals surface area contributed by atoms with E-state index in [4.69, 9.17) is 0 Å². The van der Waals surface area contributed by atoms with Crippen LogP contribution < -0.4 is 0 Å². The second-order valence-corrected chi connectivity index (χ2v) is 2.25. The van der Waals surface area contributed by atoms with Crippen LogP contribution in [0.2, 0.25) is 0 Å². The van der Waals surface area contributed by atoms with Crippen LogP contribution in [0, 0.1) is 5.95 Å². The summed E-state index contributed by atoms with van der Waals surface area (Å²) in [6.45, 7) is 8.84. The summed E-state index contributed by atoms with van der Waals surface area (Å²) >= 11 is 0. The molecule has 58 valence electrons. The van der Waals surface area contributed by atoms with Gasteiger partial charge in [0.1, 0.15) is 12.0 Å². The Morgan fingerprint density at radius 3 is 2.82 bits per heavy atom. The summed E-state index contributed by atoms with van der Waals surface area (Å²) in [6.07, 6.45) is 2.85. The molecule has 0 amide bonds. The van der Waals surface area contributed by atoms with Crippen molar-refractivity contribution < 1.29 is 4.39 Å². The SMILES string of the molecule is C=Cn1cnc(F)c1C(=C)C. The molecule has 3 heteroatoms. The van der Waals surface area contributed by atoms with E-state index >= 15 is 0 Å². The molecule has 2 nitrogen and oxygen atoms in total. The van der Waals surface area contributed by atoms with Gasteiger partial charge in [0.2, 0.25) is 5.95 Å². The fourth-order valence-electron chi connectivity index (χ4n) is 0.873. The summed E-state index contributed by atoms with van der Waals surface area (Å²) < 4.78 is 14.3. The maximum atomic E-state index is 12.8. The normalized spacial score (nSPS) is 9.64. The Hall–Kier alpha value is -1.38. The van der Waals surface area contributed by atoms with Gasteiger partial charge in [-0.15, -0.1) is 0 Å². The molecule has 0 saturated heterocycles. The van der Waals surface area contributed by atoms with E-state index in [-0.39, 0.29) is 0 Å². The van der Waals surface area contributed by atoms with Gasteiger partial charge in [0.05, 0.1) is 0 Å². The lowest BCUT2D eigenvalue weighted by Crippen LogP contribution is -1.91. The molecule has 1 heterocycles. The van der Waals surface area contributed by atoms with Crippen molar-refractivity contribution in [1.82, 2.24) is 9.55 Å². The van der Waals surface area contributed by atoms with Crippen LogP contribution in [0.3, 0.4) is 0 Å². The molecule has 0 unspecified atom stereocenters. The van der Waals surface area contributed by atoms with Crippen LogP contribution >= 0.6 is 0 Å². The Kier molecular flexibility index (Phi) is 1.89. The molecular formula is C8H9FN2. The van der Waals surface area contributed by atoms with Gasteiger partial charge in [0, 0.05) is 6.20 Å². The van der Waals surface area contributed by atoms with E-state index in [1.54, 1.807) is 6.92 Å². The Morgan fingerprint density at radius 1 is 1.82 bits per heavy atom. The first-order chi connectivity index (χ1) is 5.16. The number of halogens is 1. The Balaban J connectivity index is 3.28. The van der Waals surface area contributed by atoms with E-state index in [1.807, 2.05) is 0 Å². The Bertz CT molecular complexity index is 299. The first-order valence-corrected chi connectivity index (χ1v) is 3.17. The van der Waals surface area contributed by atoms with Gasteiger partial charge < -0.3 is 4.57 Å². The molecule has 0 radical (unpaired) electrons. The average molecular weight is 152 g/mol. The van der Waals surface area contributed by atoms with Crippen molar-refractivity contribution in [2.75, 3.05) is 0 Å². The Labute approximate surface area is 64.7 Å². The number of nitrogens with zero attached hydrogens (tertiary/aromatic N) is 2. The van der Waals surface area contributed by atoms with Crippen molar-refractivity contribution in [2.24, 2.45) is 0 Å². The summed E-state index contributed by atoms with van der Waals surface area (Å²) in [4.78, 5) is 3.47. The van der Waals surface area contributed by atoms with Crippen molar-refractivity contribution in [2.45, 2.75) is 6.92 Å². The summed E-state index contributed by atoms with van der Waals surface area (Å²) in [5.41, 5.74) is 1.03. The lowest BCUT2D eigenvalue weighted by molar-refractivity contribution is 0.586. The summed E-state index contributed by atoms with van der Waals surface area (Å²) in [6, 6.07) is 0. The van der Waals surface area contributed by atoms with Gasteiger partial charge in [-0.05, 0) is 12.5 Å². The molecular weight excluding hydrogens is 143 g/mol. The third-order valence-corrected chi connectivity index (χ3v) is 1.35. The quantitative estimate of drug-likeness (QED) is 0.635. The maximum Gasteiger partial charge on any atom is 0.238 e. The predicted molar refractivity (Wildman–Crippen MR) is 43.3 cm³/mol. The molecule has 1 aromatic rings. The van der Waals surface area contributed by atoms with E-state index in [0.717, 1.165) is 0 Å². The fourth-order valence-corrected chi connectivity index (χ4v) is 0.873. The molecule has 11 heavy (non-hydrogen) atoms. The minimum absolute atomic E-state index is 0.389. The highest BCUT2D eigenvalue weighted by Crippen LogP contribution is 2.14. The minimum atomic E-state index is -0.502. The number of hydrogen-bond acceptors (Lipinski definition) is 1. The molecule has 0 aromatic carbocycles. The van der Waals surface area contributed by atoms with E-state index in [0.29, 0.717) is 11.3 Å². The molecule has 1 aromatic heterocycles. The Morgan fingerprint density at radius 2 is 2.45 bits per heavy atom. The van der Waals surface area contributed by atoms with Crippen LogP contribution in [-0.2, 0) is 0 Å². The molecule has 0 bridgehead atoms. The number of aromatic nitrogens is 2. The summed E-state index contributed by atoms with van der Waals surface area (Å²) in [7, 11) is 0. The van der Waals surface area contributed by atoms with Crippen molar-refractivity contribution in [3.05, 3.63) is 31.1 Å². The van der Waals surface area contributed by atoms with Gasteiger partial charge in [0.15, 0.2) is 0 Å². The first kappa shape index (κ1) is 7.72. The van der Waals surface area contributed by atoms with Crippen LogP contribution in [0.25, 0.3) is 11.8 Å². The van der Waals surface area contributed by atoms with Crippen molar-refractivity contribution >= 4 is 11.8 Å². The predicted octanol–water partition coefficient (Wildman–Crippen LogP) is 2.16. The van der Waals surface area contributed by atoms with Crippen LogP contribution in [-0.4, -0.2) is 9.55 Å². The second-order valence-electron chi connectivity index (χ2n) is 2.25. The smallest absolute Gasteiger partial charge is 0.238 e. The van der Waals surface area contributed by atoms with Gasteiger partial charge in [-0.3, -0.25) is 0 Å². The molecule has 0 aliphatic heterocycles. The number of allylic oxidation sites excluding steroid dienone is 1. The van der Waals surface area contributed by atoms with Gasteiger partial charge in [-0.1, -0.05) is 13.2 Å². The third kappa shape index (κ3) is 1.22. The highest BCUT2D eigenvalue weighted by molar-refractivity contribution is 5.59. The van der Waals surface area contributed by atoms with Crippen molar-refractivity contribution in [3.63, 3.8) is 0 Å².